The Kier molecular flexibility index (Phi) is 6.01. The molecule has 144 valence electrons. The molecule has 1 fully saturated rings. The molecule has 1 atom stereocenters. The lowest BCUT2D eigenvalue weighted by Gasteiger charge is -2.26. The van der Waals surface area contributed by atoms with Gasteiger partial charge in [0.2, 0.25) is 5.91 Å². The molecule has 1 aliphatic heterocycles. The quantitative estimate of drug-likeness (QED) is 0.834. The summed E-state index contributed by atoms with van der Waals surface area (Å²) in [4.78, 5) is 14.9. The highest BCUT2D eigenvalue weighted by atomic mass is 16.5. The first-order chi connectivity index (χ1) is 13.0. The number of nitrogens with zero attached hydrogens (tertiary/aromatic N) is 1. The average molecular weight is 368 g/mol. The third-order valence-electron chi connectivity index (χ3n) is 5.16. The van der Waals surface area contributed by atoms with Crippen LogP contribution in [-0.2, 0) is 4.79 Å². The Morgan fingerprint density at radius 1 is 1.15 bits per heavy atom. The van der Waals surface area contributed by atoms with E-state index in [9.17, 15) is 4.79 Å². The number of carbonyl (C=O) groups excluding carboxylic acids is 1. The predicted octanol–water partition coefficient (Wildman–Crippen LogP) is 4.10. The van der Waals surface area contributed by atoms with E-state index in [0.29, 0.717) is 6.54 Å². The number of aryl methyl sites for hydroxylation is 2. The van der Waals surface area contributed by atoms with E-state index in [4.69, 9.17) is 9.47 Å². The minimum atomic E-state index is 0.00992. The number of methoxy groups -OCH3 is 2. The molecule has 2 aromatic rings. The summed E-state index contributed by atoms with van der Waals surface area (Å²) >= 11 is 0. The van der Waals surface area contributed by atoms with Crippen molar-refractivity contribution in [3.63, 3.8) is 0 Å². The molecule has 2 aromatic carbocycles. The normalized spacial score (nSPS) is 17.0. The van der Waals surface area contributed by atoms with Gasteiger partial charge in [0, 0.05) is 17.3 Å². The van der Waals surface area contributed by atoms with Crippen molar-refractivity contribution in [3.8, 4) is 11.5 Å². The summed E-state index contributed by atoms with van der Waals surface area (Å²) in [5.74, 6) is 1.65. The van der Waals surface area contributed by atoms with Crippen molar-refractivity contribution in [3.05, 3.63) is 53.1 Å². The average Bonchev–Trinajstić information content (AvgIpc) is 3.11. The van der Waals surface area contributed by atoms with Crippen LogP contribution in [-0.4, -0.2) is 38.1 Å². The molecular formula is C22H28N2O3. The van der Waals surface area contributed by atoms with E-state index in [1.807, 2.05) is 37.3 Å². The van der Waals surface area contributed by atoms with Gasteiger partial charge >= 0.3 is 0 Å². The fourth-order valence-electron chi connectivity index (χ4n) is 3.80. The predicted molar refractivity (Wildman–Crippen MR) is 108 cm³/mol. The lowest BCUT2D eigenvalue weighted by atomic mass is 10.0. The number of amides is 1. The van der Waals surface area contributed by atoms with Crippen LogP contribution in [0.3, 0.4) is 0 Å². The van der Waals surface area contributed by atoms with Crippen molar-refractivity contribution < 1.29 is 14.3 Å². The number of nitrogens with one attached hydrogen (secondary N) is 1. The molecule has 1 N–H and O–H groups in total. The van der Waals surface area contributed by atoms with E-state index >= 15 is 0 Å². The molecule has 0 aromatic heterocycles. The zero-order valence-electron chi connectivity index (χ0n) is 16.5. The Labute approximate surface area is 161 Å². The van der Waals surface area contributed by atoms with E-state index < -0.39 is 0 Å². The third kappa shape index (κ3) is 4.42. The summed E-state index contributed by atoms with van der Waals surface area (Å²) < 4.78 is 10.9. The number of carbonyl (C=O) groups is 1. The van der Waals surface area contributed by atoms with Crippen LogP contribution in [0, 0.1) is 13.8 Å². The van der Waals surface area contributed by atoms with Crippen molar-refractivity contribution >= 4 is 11.6 Å². The second-order valence-corrected chi connectivity index (χ2v) is 7.10. The maximum absolute atomic E-state index is 12.7. The number of rotatable bonds is 6. The van der Waals surface area contributed by atoms with Crippen molar-refractivity contribution in [1.29, 1.82) is 0 Å². The standard InChI is InChI=1S/C22H28N2O3/c1-15-7-9-19(16(2)12-15)23-22(25)14-24-11-5-6-20(24)18-13-17(26-3)8-10-21(18)27-4/h7-10,12-13,20H,5-6,11,14H2,1-4H3,(H,23,25). The van der Waals surface area contributed by atoms with Crippen LogP contribution < -0.4 is 14.8 Å². The molecule has 1 heterocycles. The van der Waals surface area contributed by atoms with E-state index in [0.717, 1.165) is 47.7 Å². The number of ether oxygens (including phenoxy) is 2. The van der Waals surface area contributed by atoms with Crippen molar-refractivity contribution in [1.82, 2.24) is 4.90 Å². The topological polar surface area (TPSA) is 50.8 Å². The molecule has 1 unspecified atom stereocenters. The van der Waals surface area contributed by atoms with Gasteiger partial charge in [-0.3, -0.25) is 9.69 Å². The van der Waals surface area contributed by atoms with Gasteiger partial charge in [-0.25, -0.2) is 0 Å². The summed E-state index contributed by atoms with van der Waals surface area (Å²) in [5, 5.41) is 3.05. The first kappa shape index (κ1) is 19.2. The summed E-state index contributed by atoms with van der Waals surface area (Å²) in [6, 6.07) is 12.1. The molecule has 0 bridgehead atoms. The van der Waals surface area contributed by atoms with Gasteiger partial charge in [-0.15, -0.1) is 0 Å². The summed E-state index contributed by atoms with van der Waals surface area (Å²) in [6.45, 7) is 5.32. The molecule has 0 saturated carbocycles. The van der Waals surface area contributed by atoms with Crippen LogP contribution in [0.4, 0.5) is 5.69 Å². The largest absolute Gasteiger partial charge is 0.497 e. The Morgan fingerprint density at radius 2 is 1.96 bits per heavy atom. The van der Waals surface area contributed by atoms with Gasteiger partial charge in [0.25, 0.3) is 0 Å². The lowest BCUT2D eigenvalue weighted by Crippen LogP contribution is -2.33. The van der Waals surface area contributed by atoms with Gasteiger partial charge < -0.3 is 14.8 Å². The van der Waals surface area contributed by atoms with Gasteiger partial charge in [0.05, 0.1) is 20.8 Å². The first-order valence-corrected chi connectivity index (χ1v) is 9.35. The first-order valence-electron chi connectivity index (χ1n) is 9.35. The van der Waals surface area contributed by atoms with Crippen LogP contribution in [0.2, 0.25) is 0 Å². The highest BCUT2D eigenvalue weighted by Gasteiger charge is 2.30. The van der Waals surface area contributed by atoms with Crippen LogP contribution in [0.5, 0.6) is 11.5 Å². The minimum Gasteiger partial charge on any atom is -0.497 e. The molecule has 1 amide bonds. The Bertz CT molecular complexity index is 819. The highest BCUT2D eigenvalue weighted by molar-refractivity contribution is 5.93. The molecule has 0 spiro atoms. The second-order valence-electron chi connectivity index (χ2n) is 7.10. The maximum Gasteiger partial charge on any atom is 0.238 e. The highest BCUT2D eigenvalue weighted by Crippen LogP contribution is 2.38. The Morgan fingerprint density at radius 3 is 2.67 bits per heavy atom. The van der Waals surface area contributed by atoms with Crippen LogP contribution in [0.1, 0.15) is 35.6 Å². The summed E-state index contributed by atoms with van der Waals surface area (Å²) in [6.07, 6.45) is 2.06. The van der Waals surface area contributed by atoms with E-state index in [-0.39, 0.29) is 11.9 Å². The third-order valence-corrected chi connectivity index (χ3v) is 5.16. The maximum atomic E-state index is 12.7. The Hall–Kier alpha value is -2.53. The zero-order chi connectivity index (χ0) is 19.4. The van der Waals surface area contributed by atoms with Crippen molar-refractivity contribution in [2.45, 2.75) is 32.7 Å². The van der Waals surface area contributed by atoms with Gasteiger partial charge in [0.1, 0.15) is 11.5 Å². The van der Waals surface area contributed by atoms with E-state index in [1.54, 1.807) is 14.2 Å². The number of hydrogen-bond acceptors (Lipinski definition) is 4. The van der Waals surface area contributed by atoms with Gasteiger partial charge in [-0.1, -0.05) is 17.7 Å². The van der Waals surface area contributed by atoms with Crippen LogP contribution >= 0.6 is 0 Å². The van der Waals surface area contributed by atoms with Gasteiger partial charge in [-0.2, -0.15) is 0 Å². The number of likely N-dealkylation sites (tertiary alicyclic amines) is 1. The van der Waals surface area contributed by atoms with Gasteiger partial charge in [-0.05, 0) is 63.1 Å². The molecule has 5 nitrogen and oxygen atoms in total. The molecule has 3 rings (SSSR count). The summed E-state index contributed by atoms with van der Waals surface area (Å²) in [7, 11) is 3.34. The fourth-order valence-corrected chi connectivity index (χ4v) is 3.80. The molecule has 5 heteroatoms. The zero-order valence-corrected chi connectivity index (χ0v) is 16.5. The van der Waals surface area contributed by atoms with Crippen LogP contribution in [0.25, 0.3) is 0 Å². The molecular weight excluding hydrogens is 340 g/mol. The molecule has 1 aliphatic rings. The van der Waals surface area contributed by atoms with E-state index in [1.165, 1.54) is 5.56 Å². The van der Waals surface area contributed by atoms with Crippen LogP contribution in [0.15, 0.2) is 36.4 Å². The number of benzene rings is 2. The second kappa shape index (κ2) is 8.44. The van der Waals surface area contributed by atoms with Gasteiger partial charge in [0.15, 0.2) is 0 Å². The summed E-state index contributed by atoms with van der Waals surface area (Å²) in [5.41, 5.74) is 4.22. The molecule has 0 radical (unpaired) electrons. The SMILES string of the molecule is COc1ccc(OC)c(C2CCCN2CC(=O)Nc2ccc(C)cc2C)c1. The smallest absolute Gasteiger partial charge is 0.238 e. The van der Waals surface area contributed by atoms with E-state index in [2.05, 4.69) is 23.2 Å². The number of hydrogen-bond donors (Lipinski definition) is 1. The number of anilines is 1. The molecule has 0 aliphatic carbocycles. The van der Waals surface area contributed by atoms with Crippen molar-refractivity contribution in [2.24, 2.45) is 0 Å². The molecule has 27 heavy (non-hydrogen) atoms. The molecule has 1 saturated heterocycles. The minimum absolute atomic E-state index is 0.00992. The van der Waals surface area contributed by atoms with Crippen molar-refractivity contribution in [2.75, 3.05) is 32.6 Å². The monoisotopic (exact) mass is 368 g/mol. The lowest BCUT2D eigenvalue weighted by molar-refractivity contribution is -0.117. The Balaban J connectivity index is 1.74. The fraction of sp³-hybridized carbons (Fsp3) is 0.409.